The van der Waals surface area contributed by atoms with Gasteiger partial charge in [0.2, 0.25) is 5.75 Å². The summed E-state index contributed by atoms with van der Waals surface area (Å²) < 4.78 is 21.6. The van der Waals surface area contributed by atoms with Gasteiger partial charge in [-0.15, -0.1) is 0 Å². The van der Waals surface area contributed by atoms with Crippen molar-refractivity contribution in [1.82, 2.24) is 10.2 Å². The molecule has 0 aliphatic carbocycles. The molecule has 4 rings (SSSR count). The first-order chi connectivity index (χ1) is 16.6. The van der Waals surface area contributed by atoms with E-state index in [2.05, 4.69) is 20.4 Å². The molecule has 0 unspecified atom stereocenters. The number of carbonyl (C=O) groups excluding carboxylic acids is 1. The van der Waals surface area contributed by atoms with Gasteiger partial charge in [0.25, 0.3) is 5.91 Å². The van der Waals surface area contributed by atoms with E-state index in [-0.39, 0.29) is 5.91 Å². The monoisotopic (exact) mass is 466 g/mol. The number of rotatable bonds is 8. The predicted octanol–water partition coefficient (Wildman–Crippen LogP) is 3.97. The van der Waals surface area contributed by atoms with Crippen LogP contribution in [0.1, 0.15) is 23.3 Å². The third-order valence-electron chi connectivity index (χ3n) is 6.05. The van der Waals surface area contributed by atoms with Crippen LogP contribution in [-0.4, -0.2) is 63.7 Å². The molecule has 2 heterocycles. The Balaban J connectivity index is 1.44. The fourth-order valence-corrected chi connectivity index (χ4v) is 4.12. The lowest BCUT2D eigenvalue weighted by molar-refractivity contribution is 0.0819. The minimum absolute atomic E-state index is 0.278. The maximum absolute atomic E-state index is 12.8. The molecule has 1 aliphatic rings. The van der Waals surface area contributed by atoms with Crippen molar-refractivity contribution in [2.24, 2.45) is 0 Å². The molecule has 1 fully saturated rings. The van der Waals surface area contributed by atoms with Crippen molar-refractivity contribution >= 4 is 17.3 Å². The fraction of sp³-hybridized carbons (Fsp3) is 0.360. The summed E-state index contributed by atoms with van der Waals surface area (Å²) >= 11 is 0. The molecule has 0 atom stereocenters. The van der Waals surface area contributed by atoms with Gasteiger partial charge in [0.1, 0.15) is 5.69 Å². The lowest BCUT2D eigenvalue weighted by atomic mass is 10.1. The highest BCUT2D eigenvalue weighted by Gasteiger charge is 2.20. The minimum Gasteiger partial charge on any atom is -0.493 e. The number of hydrogen-bond acceptors (Lipinski definition) is 7. The summed E-state index contributed by atoms with van der Waals surface area (Å²) in [5.41, 5.74) is 3.50. The van der Waals surface area contributed by atoms with Crippen LogP contribution in [0.3, 0.4) is 0 Å². The van der Waals surface area contributed by atoms with Crippen molar-refractivity contribution in [3.05, 3.63) is 48.2 Å². The summed E-state index contributed by atoms with van der Waals surface area (Å²) in [6.45, 7) is 1.92. The molecular formula is C25H30N4O5. The lowest BCUT2D eigenvalue weighted by Crippen LogP contribution is -2.36. The Bertz CT molecular complexity index is 1100. The average Bonchev–Trinajstić information content (AvgIpc) is 3.39. The van der Waals surface area contributed by atoms with Crippen molar-refractivity contribution in [3.8, 4) is 28.5 Å². The van der Waals surface area contributed by atoms with E-state index < -0.39 is 0 Å². The van der Waals surface area contributed by atoms with E-state index in [0.717, 1.165) is 37.2 Å². The number of methoxy groups -OCH3 is 4. The van der Waals surface area contributed by atoms with Gasteiger partial charge >= 0.3 is 0 Å². The zero-order chi connectivity index (χ0) is 24.1. The summed E-state index contributed by atoms with van der Waals surface area (Å²) in [4.78, 5) is 15.1. The Morgan fingerprint density at radius 3 is 2.18 bits per heavy atom. The molecule has 2 N–H and O–H groups in total. The highest BCUT2D eigenvalue weighted by Crippen LogP contribution is 2.40. The SMILES string of the molecule is COc1cc(-c2cc(C(=O)Nc3ccc(N4CCC(OC)CC4)cc3)[nH]n2)cc(OC)c1OC. The molecule has 0 saturated carbocycles. The Hall–Kier alpha value is -3.72. The topological polar surface area (TPSA) is 97.9 Å². The summed E-state index contributed by atoms with van der Waals surface area (Å²) in [6, 6.07) is 13.1. The van der Waals surface area contributed by atoms with Gasteiger partial charge in [-0.1, -0.05) is 0 Å². The Labute approximate surface area is 199 Å². The molecular weight excluding hydrogens is 436 g/mol. The molecule has 0 radical (unpaired) electrons. The molecule has 2 aromatic carbocycles. The molecule has 180 valence electrons. The maximum atomic E-state index is 12.8. The third kappa shape index (κ3) is 4.94. The zero-order valence-corrected chi connectivity index (χ0v) is 19.9. The molecule has 0 bridgehead atoms. The normalized spacial score (nSPS) is 14.1. The first-order valence-corrected chi connectivity index (χ1v) is 11.1. The van der Waals surface area contributed by atoms with Crippen molar-refractivity contribution in [1.29, 1.82) is 0 Å². The molecule has 9 nitrogen and oxygen atoms in total. The second-order valence-corrected chi connectivity index (χ2v) is 8.00. The molecule has 3 aromatic rings. The highest BCUT2D eigenvalue weighted by molar-refractivity contribution is 6.03. The van der Waals surface area contributed by atoms with E-state index in [0.29, 0.717) is 40.4 Å². The largest absolute Gasteiger partial charge is 0.493 e. The van der Waals surface area contributed by atoms with Crippen LogP contribution in [0.5, 0.6) is 17.2 Å². The van der Waals surface area contributed by atoms with Crippen LogP contribution in [0.25, 0.3) is 11.3 Å². The van der Waals surface area contributed by atoms with E-state index in [1.807, 2.05) is 24.3 Å². The van der Waals surface area contributed by atoms with Crippen LogP contribution in [-0.2, 0) is 4.74 Å². The first-order valence-electron chi connectivity index (χ1n) is 11.1. The van der Waals surface area contributed by atoms with Crippen LogP contribution in [0.2, 0.25) is 0 Å². The maximum Gasteiger partial charge on any atom is 0.273 e. The molecule has 1 aromatic heterocycles. The molecule has 0 spiro atoms. The molecule has 34 heavy (non-hydrogen) atoms. The van der Waals surface area contributed by atoms with Gasteiger partial charge < -0.3 is 29.2 Å². The number of H-pyrrole nitrogens is 1. The number of benzene rings is 2. The Kier molecular flexibility index (Phi) is 7.22. The van der Waals surface area contributed by atoms with E-state index in [4.69, 9.17) is 18.9 Å². The van der Waals surface area contributed by atoms with E-state index in [9.17, 15) is 4.79 Å². The van der Waals surface area contributed by atoms with E-state index >= 15 is 0 Å². The van der Waals surface area contributed by atoms with Gasteiger partial charge in [-0.05, 0) is 55.3 Å². The average molecular weight is 467 g/mol. The molecule has 1 aliphatic heterocycles. The number of amides is 1. The minimum atomic E-state index is -0.278. The second kappa shape index (κ2) is 10.5. The predicted molar refractivity (Wildman–Crippen MR) is 130 cm³/mol. The van der Waals surface area contributed by atoms with Crippen LogP contribution < -0.4 is 24.4 Å². The number of nitrogens with one attached hydrogen (secondary N) is 2. The summed E-state index contributed by atoms with van der Waals surface area (Å²) in [5, 5.41) is 10.0. The highest BCUT2D eigenvalue weighted by atomic mass is 16.5. The van der Waals surface area contributed by atoms with Gasteiger partial charge in [-0.25, -0.2) is 0 Å². The van der Waals surface area contributed by atoms with E-state index in [1.165, 1.54) is 0 Å². The Morgan fingerprint density at radius 1 is 0.971 bits per heavy atom. The quantitative estimate of drug-likeness (QED) is 0.518. The summed E-state index contributed by atoms with van der Waals surface area (Å²) in [7, 11) is 6.42. The van der Waals surface area contributed by atoms with Crippen LogP contribution in [0, 0.1) is 0 Å². The van der Waals surface area contributed by atoms with Crippen molar-refractivity contribution in [3.63, 3.8) is 0 Å². The molecule has 1 saturated heterocycles. The van der Waals surface area contributed by atoms with Crippen LogP contribution >= 0.6 is 0 Å². The lowest BCUT2D eigenvalue weighted by Gasteiger charge is -2.33. The molecule has 9 heteroatoms. The summed E-state index contributed by atoms with van der Waals surface area (Å²) in [6.07, 6.45) is 2.38. The third-order valence-corrected chi connectivity index (χ3v) is 6.05. The van der Waals surface area contributed by atoms with Gasteiger partial charge in [0.15, 0.2) is 11.5 Å². The Morgan fingerprint density at radius 2 is 1.62 bits per heavy atom. The van der Waals surface area contributed by atoms with Gasteiger partial charge in [0, 0.05) is 37.1 Å². The number of anilines is 2. The fourth-order valence-electron chi connectivity index (χ4n) is 4.12. The first kappa shape index (κ1) is 23.4. The number of aromatic amines is 1. The smallest absolute Gasteiger partial charge is 0.273 e. The number of ether oxygens (including phenoxy) is 4. The van der Waals surface area contributed by atoms with E-state index in [1.54, 1.807) is 46.6 Å². The molecule has 1 amide bonds. The number of aromatic nitrogens is 2. The number of nitrogens with zero attached hydrogens (tertiary/aromatic N) is 2. The van der Waals surface area contributed by atoms with Crippen LogP contribution in [0.4, 0.5) is 11.4 Å². The zero-order valence-electron chi connectivity index (χ0n) is 19.9. The van der Waals surface area contributed by atoms with Crippen molar-refractivity contribution in [2.75, 3.05) is 51.7 Å². The van der Waals surface area contributed by atoms with Crippen molar-refractivity contribution < 1.29 is 23.7 Å². The van der Waals surface area contributed by atoms with Gasteiger partial charge in [-0.3, -0.25) is 9.89 Å². The van der Waals surface area contributed by atoms with Crippen molar-refractivity contribution in [2.45, 2.75) is 18.9 Å². The number of piperidine rings is 1. The number of hydrogen-bond donors (Lipinski definition) is 2. The van der Waals surface area contributed by atoms with Gasteiger partial charge in [-0.2, -0.15) is 5.10 Å². The number of carbonyl (C=O) groups is 1. The second-order valence-electron chi connectivity index (χ2n) is 8.00. The summed E-state index contributed by atoms with van der Waals surface area (Å²) in [5.74, 6) is 1.24. The van der Waals surface area contributed by atoms with Gasteiger partial charge in [0.05, 0.1) is 33.1 Å². The standard InChI is InChI=1S/C25H30N4O5/c1-31-19-9-11-29(12-10-19)18-7-5-17(6-8-18)26-25(30)21-15-20(27-28-21)16-13-22(32-2)24(34-4)23(14-16)33-3/h5-8,13-15,19H,9-12H2,1-4H3,(H,26,30)(H,27,28). The van der Waals surface area contributed by atoms with Crippen LogP contribution in [0.15, 0.2) is 42.5 Å².